The van der Waals surface area contributed by atoms with Gasteiger partial charge in [0.2, 0.25) is 0 Å². The number of halogens is 1. The Balaban J connectivity index is 0.00000128. The molecule has 2 nitrogen and oxygen atoms in total. The third-order valence-corrected chi connectivity index (χ3v) is 3.31. The molecule has 1 heterocycles. The van der Waals surface area contributed by atoms with E-state index < -0.39 is 0 Å². The van der Waals surface area contributed by atoms with E-state index in [4.69, 9.17) is 4.74 Å². The van der Waals surface area contributed by atoms with E-state index in [0.29, 0.717) is 0 Å². The molecule has 2 rings (SSSR count). The molecule has 0 aromatic heterocycles. The lowest BCUT2D eigenvalue weighted by atomic mass is 9.91. The highest BCUT2D eigenvalue weighted by Crippen LogP contribution is 2.33. The number of hydrogen-bond acceptors (Lipinski definition) is 1. The second-order valence-corrected chi connectivity index (χ2v) is 5.28. The summed E-state index contributed by atoms with van der Waals surface area (Å²) in [6, 6.07) is 10.5. The molecule has 1 aromatic rings. The highest BCUT2D eigenvalue weighted by atomic mass is 127. The summed E-state index contributed by atoms with van der Waals surface area (Å²) in [5.74, 6) is 0. The van der Waals surface area contributed by atoms with E-state index in [-0.39, 0.29) is 29.6 Å². The van der Waals surface area contributed by atoms with Crippen molar-refractivity contribution in [2.75, 3.05) is 27.4 Å². The van der Waals surface area contributed by atoms with E-state index >= 15 is 0 Å². The highest BCUT2D eigenvalue weighted by molar-refractivity contribution is 5.21. The second kappa shape index (κ2) is 5.02. The van der Waals surface area contributed by atoms with Gasteiger partial charge in [0.15, 0.2) is 6.73 Å². The highest BCUT2D eigenvalue weighted by Gasteiger charge is 2.37. The van der Waals surface area contributed by atoms with Crippen molar-refractivity contribution in [3.8, 4) is 0 Å². The van der Waals surface area contributed by atoms with Crippen LogP contribution in [0.5, 0.6) is 0 Å². The fraction of sp³-hybridized carbons (Fsp3) is 0.538. The summed E-state index contributed by atoms with van der Waals surface area (Å²) in [5.41, 5.74) is 1.21. The van der Waals surface area contributed by atoms with Crippen molar-refractivity contribution in [2.45, 2.75) is 18.9 Å². The molecular weight excluding hydrogens is 313 g/mol. The molecule has 90 valence electrons. The SMILES string of the molecule is CC1(c2ccccc2)CC[N+](C)(C)CO1.[I-]. The smallest absolute Gasteiger partial charge is 0.183 e. The van der Waals surface area contributed by atoms with E-state index in [9.17, 15) is 0 Å². The first-order valence-electron chi connectivity index (χ1n) is 5.53. The lowest BCUT2D eigenvalue weighted by molar-refractivity contribution is -0.922. The minimum absolute atomic E-state index is 0. The molecular formula is C13H20INO. The Bertz CT molecular complexity index is 327. The minimum atomic E-state index is -0.0883. The Morgan fingerprint density at radius 1 is 1.19 bits per heavy atom. The molecule has 3 heteroatoms. The van der Waals surface area contributed by atoms with E-state index in [1.807, 2.05) is 0 Å². The largest absolute Gasteiger partial charge is 1.00 e. The van der Waals surface area contributed by atoms with Gasteiger partial charge < -0.3 is 33.2 Å². The topological polar surface area (TPSA) is 9.23 Å². The molecule has 16 heavy (non-hydrogen) atoms. The summed E-state index contributed by atoms with van der Waals surface area (Å²) >= 11 is 0. The maximum absolute atomic E-state index is 6.04. The molecule has 1 saturated heterocycles. The molecule has 1 unspecified atom stereocenters. The molecule has 0 N–H and O–H groups in total. The molecule has 1 fully saturated rings. The van der Waals surface area contributed by atoms with Gasteiger partial charge >= 0.3 is 0 Å². The molecule has 1 aliphatic rings. The monoisotopic (exact) mass is 333 g/mol. The van der Waals surface area contributed by atoms with Crippen molar-refractivity contribution in [1.82, 2.24) is 0 Å². The minimum Gasteiger partial charge on any atom is -1.00 e. The van der Waals surface area contributed by atoms with Crippen molar-refractivity contribution in [3.63, 3.8) is 0 Å². The quantitative estimate of drug-likeness (QED) is 0.491. The number of benzene rings is 1. The summed E-state index contributed by atoms with van der Waals surface area (Å²) in [6.07, 6.45) is 1.09. The number of quaternary nitrogens is 1. The fourth-order valence-electron chi connectivity index (χ4n) is 1.99. The second-order valence-electron chi connectivity index (χ2n) is 5.28. The van der Waals surface area contributed by atoms with Crippen LogP contribution >= 0.6 is 0 Å². The first-order valence-corrected chi connectivity index (χ1v) is 5.53. The molecule has 0 aliphatic carbocycles. The molecule has 0 spiro atoms. The Morgan fingerprint density at radius 3 is 2.31 bits per heavy atom. The van der Waals surface area contributed by atoms with Crippen LogP contribution in [-0.4, -0.2) is 31.9 Å². The Labute approximate surface area is 115 Å². The van der Waals surface area contributed by atoms with Crippen molar-refractivity contribution >= 4 is 0 Å². The normalized spacial score (nSPS) is 28.2. The van der Waals surface area contributed by atoms with Gasteiger partial charge in [-0.2, -0.15) is 0 Å². The Hall–Kier alpha value is -0.130. The average Bonchev–Trinajstić information content (AvgIpc) is 2.24. The lowest BCUT2D eigenvalue weighted by Crippen LogP contribution is -3.00. The van der Waals surface area contributed by atoms with Crippen molar-refractivity contribution < 1.29 is 33.2 Å². The van der Waals surface area contributed by atoms with Gasteiger partial charge in [-0.3, -0.25) is 0 Å². The Kier molecular flexibility index (Phi) is 4.37. The zero-order valence-electron chi connectivity index (χ0n) is 10.2. The Morgan fingerprint density at radius 2 is 1.81 bits per heavy atom. The van der Waals surface area contributed by atoms with E-state index in [0.717, 1.165) is 17.6 Å². The van der Waals surface area contributed by atoms with Crippen LogP contribution in [0.2, 0.25) is 0 Å². The van der Waals surface area contributed by atoms with Crippen LogP contribution in [0.25, 0.3) is 0 Å². The predicted octanol–water partition coefficient (Wildman–Crippen LogP) is -0.640. The van der Waals surface area contributed by atoms with Crippen LogP contribution in [0.3, 0.4) is 0 Å². The van der Waals surface area contributed by atoms with Gasteiger partial charge in [0, 0.05) is 6.42 Å². The molecule has 1 aliphatic heterocycles. The van der Waals surface area contributed by atoms with E-state index in [1.165, 1.54) is 12.1 Å². The standard InChI is InChI=1S/C13H20NO.HI/c1-13(12-7-5-4-6-8-12)9-10-14(2,3)11-15-13;/h4-8H,9-11H2,1-3H3;1H/q+1;/p-1. The third-order valence-electron chi connectivity index (χ3n) is 3.31. The summed E-state index contributed by atoms with van der Waals surface area (Å²) < 4.78 is 7.00. The lowest BCUT2D eigenvalue weighted by Gasteiger charge is -2.42. The van der Waals surface area contributed by atoms with E-state index in [1.54, 1.807) is 0 Å². The predicted molar refractivity (Wildman–Crippen MR) is 61.3 cm³/mol. The summed E-state index contributed by atoms with van der Waals surface area (Å²) in [5, 5.41) is 0. The van der Waals surface area contributed by atoms with Crippen LogP contribution in [0.15, 0.2) is 30.3 Å². The molecule has 0 amide bonds. The van der Waals surface area contributed by atoms with Crippen molar-refractivity contribution in [1.29, 1.82) is 0 Å². The van der Waals surface area contributed by atoms with Crippen LogP contribution in [0.4, 0.5) is 0 Å². The zero-order chi connectivity index (χ0) is 10.9. The number of rotatable bonds is 1. The molecule has 1 atom stereocenters. The summed E-state index contributed by atoms with van der Waals surface area (Å²) in [7, 11) is 4.43. The molecule has 0 saturated carbocycles. The number of ether oxygens (including phenoxy) is 1. The van der Waals surface area contributed by atoms with E-state index in [2.05, 4.69) is 51.4 Å². The number of nitrogens with zero attached hydrogens (tertiary/aromatic N) is 1. The van der Waals surface area contributed by atoms with Gasteiger partial charge in [-0.25, -0.2) is 0 Å². The van der Waals surface area contributed by atoms with Crippen LogP contribution in [0, 0.1) is 0 Å². The first kappa shape index (κ1) is 13.9. The molecule has 0 radical (unpaired) electrons. The molecule has 1 aromatic carbocycles. The van der Waals surface area contributed by atoms with Gasteiger partial charge in [-0.05, 0) is 12.5 Å². The van der Waals surface area contributed by atoms with Crippen LogP contribution in [-0.2, 0) is 10.3 Å². The van der Waals surface area contributed by atoms with Crippen LogP contribution < -0.4 is 24.0 Å². The fourth-order valence-corrected chi connectivity index (χ4v) is 1.99. The van der Waals surface area contributed by atoms with Gasteiger partial charge in [0.05, 0.1) is 20.6 Å². The van der Waals surface area contributed by atoms with Gasteiger partial charge in [-0.1, -0.05) is 30.3 Å². The van der Waals surface area contributed by atoms with Crippen molar-refractivity contribution in [3.05, 3.63) is 35.9 Å². The maximum Gasteiger partial charge on any atom is 0.183 e. The third kappa shape index (κ3) is 2.96. The first-order chi connectivity index (χ1) is 7.02. The van der Waals surface area contributed by atoms with Gasteiger partial charge in [0.25, 0.3) is 0 Å². The molecule has 0 bridgehead atoms. The summed E-state index contributed by atoms with van der Waals surface area (Å²) in [4.78, 5) is 0. The average molecular weight is 333 g/mol. The van der Waals surface area contributed by atoms with Gasteiger partial charge in [0.1, 0.15) is 5.60 Å². The van der Waals surface area contributed by atoms with Crippen molar-refractivity contribution in [2.24, 2.45) is 0 Å². The van der Waals surface area contributed by atoms with Crippen LogP contribution in [0.1, 0.15) is 18.9 Å². The van der Waals surface area contributed by atoms with Gasteiger partial charge in [-0.15, -0.1) is 0 Å². The number of hydrogen-bond donors (Lipinski definition) is 0. The zero-order valence-corrected chi connectivity index (χ0v) is 12.4. The maximum atomic E-state index is 6.04. The summed E-state index contributed by atoms with van der Waals surface area (Å²) in [6.45, 7) is 4.16.